The van der Waals surface area contributed by atoms with Crippen LogP contribution in [0.4, 0.5) is 13.2 Å². The maximum Gasteiger partial charge on any atom is 0.416 e. The number of nitrogens with one attached hydrogen (secondary N) is 1. The number of alkyl halides is 3. The summed E-state index contributed by atoms with van der Waals surface area (Å²) in [6, 6.07) is 6.36. The smallest absolute Gasteiger partial charge is 0.302 e. The van der Waals surface area contributed by atoms with Crippen LogP contribution in [0.1, 0.15) is 36.7 Å². The summed E-state index contributed by atoms with van der Waals surface area (Å²) in [4.78, 5) is 29.5. The van der Waals surface area contributed by atoms with Gasteiger partial charge >= 0.3 is 11.9 Å². The fourth-order valence-corrected chi connectivity index (χ4v) is 5.15. The molecule has 2 fully saturated rings. The van der Waals surface area contributed by atoms with Crippen molar-refractivity contribution in [3.63, 3.8) is 0 Å². The van der Waals surface area contributed by atoms with E-state index in [0.29, 0.717) is 17.5 Å². The van der Waals surface area contributed by atoms with Gasteiger partial charge in [-0.25, -0.2) is 4.79 Å². The van der Waals surface area contributed by atoms with Gasteiger partial charge in [-0.15, -0.1) is 0 Å². The van der Waals surface area contributed by atoms with Crippen LogP contribution in [-0.2, 0) is 19.8 Å². The van der Waals surface area contributed by atoms with E-state index >= 15 is 0 Å². The fourth-order valence-electron chi connectivity index (χ4n) is 5.15. The lowest BCUT2D eigenvalue weighted by Crippen LogP contribution is -2.32. The van der Waals surface area contributed by atoms with E-state index in [9.17, 15) is 22.8 Å². The number of H-pyrrole nitrogens is 1. The van der Waals surface area contributed by atoms with Crippen LogP contribution in [0.2, 0.25) is 0 Å². The summed E-state index contributed by atoms with van der Waals surface area (Å²) in [5.41, 5.74) is 2.31. The summed E-state index contributed by atoms with van der Waals surface area (Å²) < 4.78 is 38.8. The van der Waals surface area contributed by atoms with Crippen LogP contribution in [0.15, 0.2) is 46.1 Å². The van der Waals surface area contributed by atoms with Gasteiger partial charge in [0.25, 0.3) is 5.56 Å². The number of benzene rings is 1. The molecule has 1 N–H and O–H groups in total. The molecule has 3 heterocycles. The van der Waals surface area contributed by atoms with Gasteiger partial charge < -0.3 is 4.90 Å². The number of likely N-dealkylation sites (tertiary alicyclic amines) is 1. The molecule has 5 rings (SSSR count). The van der Waals surface area contributed by atoms with Crippen molar-refractivity contribution in [2.24, 2.45) is 18.4 Å². The van der Waals surface area contributed by atoms with Crippen LogP contribution in [0.3, 0.4) is 0 Å². The first-order chi connectivity index (χ1) is 16.9. The molecule has 1 aromatic carbocycles. The van der Waals surface area contributed by atoms with Crippen LogP contribution in [0.5, 0.6) is 0 Å². The molecule has 10 heteroatoms. The Labute approximate surface area is 207 Å². The van der Waals surface area contributed by atoms with Crippen LogP contribution >= 0.6 is 0 Å². The highest BCUT2D eigenvalue weighted by Crippen LogP contribution is 2.57. The average Bonchev–Trinajstić information content (AvgIpc) is 3.21. The number of halogens is 3. The van der Waals surface area contributed by atoms with Crippen molar-refractivity contribution in [3.8, 4) is 11.1 Å². The molecule has 7 nitrogen and oxygen atoms in total. The Morgan fingerprint density at radius 3 is 2.36 bits per heavy atom. The van der Waals surface area contributed by atoms with Crippen molar-refractivity contribution in [1.82, 2.24) is 24.2 Å². The molecule has 0 unspecified atom stereocenters. The minimum absolute atomic E-state index is 0.339. The lowest BCUT2D eigenvalue weighted by Gasteiger charge is -2.19. The third-order valence-corrected chi connectivity index (χ3v) is 7.37. The van der Waals surface area contributed by atoms with E-state index in [0.717, 1.165) is 48.0 Å². The van der Waals surface area contributed by atoms with E-state index in [1.165, 1.54) is 31.6 Å². The first-order valence-corrected chi connectivity index (χ1v) is 12.1. The summed E-state index contributed by atoms with van der Waals surface area (Å²) in [7, 11) is 1.86. The van der Waals surface area contributed by atoms with Crippen molar-refractivity contribution >= 4 is 0 Å². The minimum atomic E-state index is -4.21. The standard InChI is InChI=1S/C19H27N5O2.C7H5F3/c1-12-16(13(2)22(4)21-12)15-10-24(18(26)20-17(15)25)7-5-6-23-9-14-8-19(14,3)11-23;8-7(9,10)6-4-2-1-3-5-6/h10,14H,5-9,11H2,1-4H3,(H,20,25,26);1-5H/t14-,19+;/m0./s1. The Balaban J connectivity index is 0.000000256. The van der Waals surface area contributed by atoms with Crippen LogP contribution < -0.4 is 11.2 Å². The summed E-state index contributed by atoms with van der Waals surface area (Å²) in [6.45, 7) is 10.2. The average molecular weight is 504 g/mol. The van der Waals surface area contributed by atoms with Crippen LogP contribution in [-0.4, -0.2) is 43.9 Å². The number of aromatic amines is 1. The molecule has 1 aliphatic heterocycles. The van der Waals surface area contributed by atoms with Crippen molar-refractivity contribution in [2.75, 3.05) is 19.6 Å². The fraction of sp³-hybridized carbons (Fsp3) is 0.500. The molecule has 2 atom stereocenters. The lowest BCUT2D eigenvalue weighted by molar-refractivity contribution is -0.137. The number of hydrogen-bond acceptors (Lipinski definition) is 4. The topological polar surface area (TPSA) is 75.9 Å². The Morgan fingerprint density at radius 2 is 1.83 bits per heavy atom. The second kappa shape index (κ2) is 9.72. The van der Waals surface area contributed by atoms with Gasteiger partial charge in [-0.3, -0.25) is 19.0 Å². The predicted molar refractivity (Wildman–Crippen MR) is 132 cm³/mol. The van der Waals surface area contributed by atoms with Gasteiger partial charge in [-0.1, -0.05) is 37.3 Å². The summed E-state index contributed by atoms with van der Waals surface area (Å²) >= 11 is 0. The first-order valence-electron chi connectivity index (χ1n) is 12.1. The van der Waals surface area contributed by atoms with Crippen LogP contribution in [0.25, 0.3) is 11.1 Å². The number of nitrogens with zero attached hydrogens (tertiary/aromatic N) is 4. The number of hydrogen-bond donors (Lipinski definition) is 1. The zero-order chi connectivity index (χ0) is 26.3. The van der Waals surface area contributed by atoms with Gasteiger partial charge in [0.2, 0.25) is 0 Å². The molecule has 0 amide bonds. The number of aryl methyl sites for hydroxylation is 3. The van der Waals surface area contributed by atoms with E-state index in [2.05, 4.69) is 21.9 Å². The molecule has 1 aliphatic carbocycles. The molecule has 2 aromatic heterocycles. The molecular weight excluding hydrogens is 471 g/mol. The SMILES string of the molecule is Cc1nn(C)c(C)c1-c1cn(CCCN2C[C@@H]3C[C@]3(C)C2)c(=O)[nH]c1=O.FC(F)(F)c1ccccc1. The predicted octanol–water partition coefficient (Wildman–Crippen LogP) is 3.99. The van der Waals surface area contributed by atoms with Crippen LogP contribution in [0, 0.1) is 25.2 Å². The highest BCUT2D eigenvalue weighted by Gasteiger charge is 2.55. The largest absolute Gasteiger partial charge is 0.416 e. The molecule has 0 spiro atoms. The molecule has 3 aromatic rings. The second-order valence-corrected chi connectivity index (χ2v) is 10.2. The third kappa shape index (κ3) is 5.48. The summed E-state index contributed by atoms with van der Waals surface area (Å²) in [5, 5.41) is 4.38. The van der Waals surface area contributed by atoms with Gasteiger partial charge in [0, 0.05) is 44.1 Å². The lowest BCUT2D eigenvalue weighted by atomic mass is 10.1. The third-order valence-electron chi connectivity index (χ3n) is 7.37. The van der Waals surface area contributed by atoms with E-state index in [-0.39, 0.29) is 11.2 Å². The molecule has 36 heavy (non-hydrogen) atoms. The Hall–Kier alpha value is -3.14. The van der Waals surface area contributed by atoms with Crippen molar-refractivity contribution in [2.45, 2.75) is 46.3 Å². The summed E-state index contributed by atoms with van der Waals surface area (Å²) in [6.07, 6.45) is -0.239. The quantitative estimate of drug-likeness (QED) is 0.571. The minimum Gasteiger partial charge on any atom is -0.302 e. The van der Waals surface area contributed by atoms with E-state index in [4.69, 9.17) is 0 Å². The van der Waals surface area contributed by atoms with Gasteiger partial charge in [0.05, 0.1) is 16.8 Å². The molecule has 0 radical (unpaired) electrons. The van der Waals surface area contributed by atoms with E-state index < -0.39 is 11.7 Å². The number of aromatic nitrogens is 4. The number of piperidine rings is 1. The molecule has 0 bridgehead atoms. The summed E-state index contributed by atoms with van der Waals surface area (Å²) in [5.74, 6) is 0.876. The van der Waals surface area contributed by atoms with Crippen molar-refractivity contribution in [1.29, 1.82) is 0 Å². The normalized spacial score (nSPS) is 21.1. The maximum atomic E-state index is 12.4. The Bertz CT molecular complexity index is 1340. The molecule has 1 saturated carbocycles. The molecule has 194 valence electrons. The monoisotopic (exact) mass is 503 g/mol. The van der Waals surface area contributed by atoms with E-state index in [1.54, 1.807) is 21.5 Å². The second-order valence-electron chi connectivity index (χ2n) is 10.2. The zero-order valence-corrected chi connectivity index (χ0v) is 21.0. The van der Waals surface area contributed by atoms with Gasteiger partial charge in [-0.05, 0) is 44.6 Å². The van der Waals surface area contributed by atoms with Gasteiger partial charge in [-0.2, -0.15) is 18.3 Å². The zero-order valence-electron chi connectivity index (χ0n) is 21.0. The maximum absolute atomic E-state index is 12.4. The highest BCUT2D eigenvalue weighted by molar-refractivity contribution is 5.66. The molecule has 2 aliphatic rings. The Morgan fingerprint density at radius 1 is 1.14 bits per heavy atom. The molecular formula is C26H32F3N5O2. The highest BCUT2D eigenvalue weighted by atomic mass is 19.4. The van der Waals surface area contributed by atoms with Gasteiger partial charge in [0.15, 0.2) is 0 Å². The first kappa shape index (κ1) is 25.9. The number of rotatable bonds is 5. The number of fused-ring (bicyclic) bond motifs is 1. The van der Waals surface area contributed by atoms with Gasteiger partial charge in [0.1, 0.15) is 0 Å². The molecule has 1 saturated heterocycles. The van der Waals surface area contributed by atoms with E-state index in [1.807, 2.05) is 20.9 Å². The van der Waals surface area contributed by atoms with Crippen molar-refractivity contribution < 1.29 is 13.2 Å². The van der Waals surface area contributed by atoms with Crippen molar-refractivity contribution in [3.05, 3.63) is 74.3 Å². The Kier molecular flexibility index (Phi) is 7.01.